The number of hydrogen-bond acceptors (Lipinski definition) is 7. The quantitative estimate of drug-likeness (QED) is 0.539. The van der Waals surface area contributed by atoms with Gasteiger partial charge in [-0.1, -0.05) is 0 Å². The summed E-state index contributed by atoms with van der Waals surface area (Å²) in [5.41, 5.74) is -1.46. The Hall–Kier alpha value is -1.93. The predicted octanol–water partition coefficient (Wildman–Crippen LogP) is 2.75. The van der Waals surface area contributed by atoms with Crippen LogP contribution in [0.15, 0.2) is 38.6 Å². The number of fused-ring (bicyclic) bond motifs is 1. The molecule has 7 nitrogen and oxygen atoms in total. The lowest BCUT2D eigenvalue weighted by Gasteiger charge is -2.26. The summed E-state index contributed by atoms with van der Waals surface area (Å²) in [6.45, 7) is 12.7. The van der Waals surface area contributed by atoms with E-state index < -0.39 is 22.9 Å². The summed E-state index contributed by atoms with van der Waals surface area (Å²) in [6.07, 6.45) is 2.33. The molecule has 2 saturated heterocycles. The lowest BCUT2D eigenvalue weighted by Crippen LogP contribution is -2.31. The van der Waals surface area contributed by atoms with Gasteiger partial charge in [-0.3, -0.25) is 0 Å². The third-order valence-corrected chi connectivity index (χ3v) is 6.32. The van der Waals surface area contributed by atoms with Gasteiger partial charge in [0.2, 0.25) is 0 Å². The number of epoxide rings is 1. The van der Waals surface area contributed by atoms with Crippen molar-refractivity contribution in [3.63, 3.8) is 0 Å². The SMILES string of the molecule is COc1cc(=O)oc([C@@](C)(O)/C=C(\C)C(O)/C(C)=C/[C@]2(C)O[C@H](C)[C@@]3(C)O[C@H]32)c1C. The predicted molar refractivity (Wildman–Crippen MR) is 112 cm³/mol. The molecule has 3 rings (SSSR count). The number of aliphatic hydroxyl groups is 2. The van der Waals surface area contributed by atoms with Crippen molar-refractivity contribution in [1.29, 1.82) is 0 Å². The van der Waals surface area contributed by atoms with Crippen molar-refractivity contribution in [1.82, 2.24) is 0 Å². The first kappa shape index (κ1) is 22.7. The van der Waals surface area contributed by atoms with Crippen LogP contribution in [0.2, 0.25) is 0 Å². The minimum Gasteiger partial charge on any atom is -0.496 e. The molecule has 2 aliphatic heterocycles. The van der Waals surface area contributed by atoms with Crippen LogP contribution in [0.4, 0.5) is 0 Å². The van der Waals surface area contributed by atoms with E-state index in [4.69, 9.17) is 18.6 Å². The lowest BCUT2D eigenvalue weighted by atomic mass is 9.89. The van der Waals surface area contributed by atoms with E-state index in [2.05, 4.69) is 0 Å². The monoisotopic (exact) mass is 420 g/mol. The number of aliphatic hydroxyl groups excluding tert-OH is 1. The van der Waals surface area contributed by atoms with Crippen molar-refractivity contribution >= 4 is 0 Å². The van der Waals surface area contributed by atoms with Crippen molar-refractivity contribution in [3.8, 4) is 5.75 Å². The number of methoxy groups -OCH3 is 1. The Labute approximate surface area is 177 Å². The van der Waals surface area contributed by atoms with Crippen molar-refractivity contribution in [2.45, 2.75) is 83.6 Å². The van der Waals surface area contributed by atoms with Crippen LogP contribution in [0, 0.1) is 6.92 Å². The molecule has 0 aliphatic carbocycles. The van der Waals surface area contributed by atoms with E-state index >= 15 is 0 Å². The Bertz CT molecular complexity index is 957. The highest BCUT2D eigenvalue weighted by Crippen LogP contribution is 2.55. The Morgan fingerprint density at radius 2 is 1.93 bits per heavy atom. The van der Waals surface area contributed by atoms with Gasteiger partial charge in [-0.2, -0.15) is 0 Å². The number of rotatable bonds is 6. The molecule has 0 aromatic carbocycles. The summed E-state index contributed by atoms with van der Waals surface area (Å²) in [6, 6.07) is 1.23. The highest BCUT2D eigenvalue weighted by atomic mass is 16.7. The zero-order valence-electron chi connectivity index (χ0n) is 18.9. The molecule has 0 saturated carbocycles. The standard InChI is InChI=1S/C23H32O7/c1-12(10-21(5,26)19-14(3)16(27-8)9-17(24)28-19)18(25)13(2)11-22(6)20-23(7,30-20)15(4)29-22/h9-11,15,18,20,25-26H,1-8H3/b12-10+,13-11+/t15-,18?,20+,21+,22+,23-/m1/s1. The van der Waals surface area contributed by atoms with Crippen molar-refractivity contribution < 1.29 is 28.8 Å². The van der Waals surface area contributed by atoms with Crippen LogP contribution in [-0.2, 0) is 15.1 Å². The first-order valence-corrected chi connectivity index (χ1v) is 10.1. The molecule has 0 spiro atoms. The van der Waals surface area contributed by atoms with Gasteiger partial charge in [0, 0.05) is 5.56 Å². The molecule has 1 aromatic rings. The number of hydrogen-bond donors (Lipinski definition) is 2. The zero-order valence-corrected chi connectivity index (χ0v) is 18.9. The van der Waals surface area contributed by atoms with Gasteiger partial charge >= 0.3 is 5.63 Å². The highest BCUT2D eigenvalue weighted by Gasteiger charge is 2.71. The minimum absolute atomic E-state index is 0.0370. The maximum Gasteiger partial charge on any atom is 0.339 e. The van der Waals surface area contributed by atoms with E-state index in [9.17, 15) is 15.0 Å². The fourth-order valence-electron chi connectivity index (χ4n) is 4.59. The first-order valence-electron chi connectivity index (χ1n) is 10.1. The van der Waals surface area contributed by atoms with E-state index in [-0.39, 0.29) is 23.6 Å². The normalized spacial score (nSPS) is 34.3. The molecule has 1 aromatic heterocycles. The molecular formula is C23H32O7. The van der Waals surface area contributed by atoms with Gasteiger partial charge in [-0.05, 0) is 71.8 Å². The van der Waals surface area contributed by atoms with Crippen LogP contribution >= 0.6 is 0 Å². The first-order chi connectivity index (χ1) is 13.7. The second kappa shape index (κ2) is 7.34. The summed E-state index contributed by atoms with van der Waals surface area (Å²) in [4.78, 5) is 11.8. The van der Waals surface area contributed by atoms with Crippen molar-refractivity contribution in [2.24, 2.45) is 0 Å². The van der Waals surface area contributed by atoms with Gasteiger partial charge in [0.25, 0.3) is 0 Å². The second-order valence-corrected chi connectivity index (χ2v) is 9.04. The molecule has 0 bridgehead atoms. The molecule has 6 atom stereocenters. The molecule has 2 N–H and O–H groups in total. The molecule has 166 valence electrons. The van der Waals surface area contributed by atoms with E-state index in [0.717, 1.165) is 0 Å². The van der Waals surface area contributed by atoms with Gasteiger partial charge in [0.1, 0.15) is 34.4 Å². The molecule has 2 aliphatic rings. The zero-order chi connectivity index (χ0) is 22.6. The van der Waals surface area contributed by atoms with Gasteiger partial charge in [-0.25, -0.2) is 4.79 Å². The number of ether oxygens (including phenoxy) is 3. The third-order valence-electron chi connectivity index (χ3n) is 6.32. The topological polar surface area (TPSA) is 102 Å². The fourth-order valence-corrected chi connectivity index (χ4v) is 4.59. The molecule has 0 radical (unpaired) electrons. The second-order valence-electron chi connectivity index (χ2n) is 9.04. The average Bonchev–Trinajstić information content (AvgIpc) is 3.31. The molecule has 2 fully saturated rings. The van der Waals surface area contributed by atoms with E-state index in [1.54, 1.807) is 13.8 Å². The summed E-state index contributed by atoms with van der Waals surface area (Å²) in [7, 11) is 1.44. The summed E-state index contributed by atoms with van der Waals surface area (Å²) >= 11 is 0. The van der Waals surface area contributed by atoms with Crippen LogP contribution in [0.25, 0.3) is 0 Å². The molecular weight excluding hydrogens is 388 g/mol. The van der Waals surface area contributed by atoms with Gasteiger partial charge in [-0.15, -0.1) is 0 Å². The average molecular weight is 421 g/mol. The molecule has 7 heteroatoms. The van der Waals surface area contributed by atoms with Crippen molar-refractivity contribution in [2.75, 3.05) is 7.11 Å². The fraction of sp³-hybridized carbons (Fsp3) is 0.609. The van der Waals surface area contributed by atoms with Gasteiger partial charge < -0.3 is 28.8 Å². The Morgan fingerprint density at radius 3 is 2.43 bits per heavy atom. The largest absolute Gasteiger partial charge is 0.496 e. The molecule has 3 heterocycles. The molecule has 30 heavy (non-hydrogen) atoms. The Morgan fingerprint density at radius 1 is 1.30 bits per heavy atom. The van der Waals surface area contributed by atoms with Gasteiger partial charge in [0.15, 0.2) is 0 Å². The van der Waals surface area contributed by atoms with Crippen LogP contribution in [0.1, 0.15) is 52.9 Å². The molecule has 0 amide bonds. The summed E-state index contributed by atoms with van der Waals surface area (Å²) < 4.78 is 22.4. The van der Waals surface area contributed by atoms with E-state index in [0.29, 0.717) is 22.5 Å². The minimum atomic E-state index is -1.62. The lowest BCUT2D eigenvalue weighted by molar-refractivity contribution is -0.0724. The van der Waals surface area contributed by atoms with Crippen LogP contribution in [0.3, 0.4) is 0 Å². The maximum absolute atomic E-state index is 11.8. The third kappa shape index (κ3) is 3.75. The highest BCUT2D eigenvalue weighted by molar-refractivity contribution is 5.38. The molecule has 1 unspecified atom stereocenters. The van der Waals surface area contributed by atoms with Crippen molar-refractivity contribution in [3.05, 3.63) is 51.1 Å². The Balaban J connectivity index is 1.88. The maximum atomic E-state index is 11.8. The summed E-state index contributed by atoms with van der Waals surface area (Å²) in [5.74, 6) is 0.402. The smallest absolute Gasteiger partial charge is 0.339 e. The van der Waals surface area contributed by atoms with Crippen LogP contribution in [0.5, 0.6) is 5.75 Å². The van der Waals surface area contributed by atoms with Crippen LogP contribution in [-0.4, -0.2) is 46.8 Å². The van der Waals surface area contributed by atoms with E-state index in [1.807, 2.05) is 33.8 Å². The Kier molecular flexibility index (Phi) is 5.56. The summed E-state index contributed by atoms with van der Waals surface area (Å²) in [5, 5.41) is 21.9. The van der Waals surface area contributed by atoms with E-state index in [1.165, 1.54) is 26.2 Å². The van der Waals surface area contributed by atoms with Crippen LogP contribution < -0.4 is 10.4 Å². The van der Waals surface area contributed by atoms with Gasteiger partial charge in [0.05, 0.1) is 25.4 Å².